The summed E-state index contributed by atoms with van der Waals surface area (Å²) < 4.78 is 0. The third-order valence-corrected chi connectivity index (χ3v) is 4.78. The number of para-hydroxylation sites is 1. The second-order valence-corrected chi connectivity index (χ2v) is 6.75. The molecule has 4 nitrogen and oxygen atoms in total. The summed E-state index contributed by atoms with van der Waals surface area (Å²) in [6.45, 7) is 1.25. The van der Waals surface area contributed by atoms with Crippen molar-refractivity contribution in [1.82, 2.24) is 4.90 Å². The molecule has 0 unspecified atom stereocenters. The molecule has 0 aliphatic carbocycles. The maximum absolute atomic E-state index is 12.4. The van der Waals surface area contributed by atoms with Crippen LogP contribution in [0, 0.1) is 5.92 Å². The number of hydrogen-bond donors (Lipinski definition) is 1. The molecule has 1 N–H and O–H groups in total. The lowest BCUT2D eigenvalue weighted by molar-refractivity contribution is -0.133. The van der Waals surface area contributed by atoms with Crippen molar-refractivity contribution in [2.45, 2.75) is 19.3 Å². The van der Waals surface area contributed by atoms with Gasteiger partial charge in [0.2, 0.25) is 11.8 Å². The SMILES string of the molecule is O=C(Nc1ccccc1)C1CCN(C(=O)Cc2ccc(Cl)cc2)CC1. The Balaban J connectivity index is 1.48. The highest BCUT2D eigenvalue weighted by Gasteiger charge is 2.27. The topological polar surface area (TPSA) is 49.4 Å². The number of likely N-dealkylation sites (tertiary alicyclic amines) is 1. The van der Waals surface area contributed by atoms with Crippen LogP contribution >= 0.6 is 11.6 Å². The van der Waals surface area contributed by atoms with E-state index in [9.17, 15) is 9.59 Å². The van der Waals surface area contributed by atoms with Gasteiger partial charge in [-0.15, -0.1) is 0 Å². The first kappa shape index (κ1) is 17.5. The van der Waals surface area contributed by atoms with E-state index in [2.05, 4.69) is 5.32 Å². The number of anilines is 1. The van der Waals surface area contributed by atoms with Gasteiger partial charge in [0.1, 0.15) is 0 Å². The molecule has 0 spiro atoms. The Kier molecular flexibility index (Phi) is 5.71. The number of halogens is 1. The second-order valence-electron chi connectivity index (χ2n) is 6.31. The summed E-state index contributed by atoms with van der Waals surface area (Å²) in [4.78, 5) is 26.6. The molecule has 2 aromatic rings. The van der Waals surface area contributed by atoms with E-state index >= 15 is 0 Å². The van der Waals surface area contributed by atoms with Gasteiger partial charge in [0.15, 0.2) is 0 Å². The van der Waals surface area contributed by atoms with Crippen LogP contribution in [-0.2, 0) is 16.0 Å². The van der Waals surface area contributed by atoms with E-state index in [1.807, 2.05) is 47.4 Å². The Morgan fingerprint density at radius 3 is 2.28 bits per heavy atom. The molecular formula is C20H21ClN2O2. The number of nitrogens with one attached hydrogen (secondary N) is 1. The Hall–Kier alpha value is -2.33. The van der Waals surface area contributed by atoms with Crippen molar-refractivity contribution < 1.29 is 9.59 Å². The largest absolute Gasteiger partial charge is 0.342 e. The molecule has 3 rings (SSSR count). The zero-order valence-corrected chi connectivity index (χ0v) is 14.7. The average Bonchev–Trinajstić information content (AvgIpc) is 2.64. The lowest BCUT2D eigenvalue weighted by Gasteiger charge is -2.31. The van der Waals surface area contributed by atoms with E-state index in [4.69, 9.17) is 11.6 Å². The molecule has 0 aromatic heterocycles. The van der Waals surface area contributed by atoms with Crippen LogP contribution in [0.5, 0.6) is 0 Å². The maximum Gasteiger partial charge on any atom is 0.227 e. The van der Waals surface area contributed by atoms with Gasteiger partial charge in [-0.1, -0.05) is 41.9 Å². The number of amides is 2. The Labute approximate surface area is 152 Å². The van der Waals surface area contributed by atoms with E-state index in [0.29, 0.717) is 37.4 Å². The third kappa shape index (κ3) is 4.83. The zero-order chi connectivity index (χ0) is 17.6. The Bertz CT molecular complexity index is 723. The number of carbonyl (C=O) groups is 2. The van der Waals surface area contributed by atoms with Gasteiger partial charge < -0.3 is 10.2 Å². The minimum absolute atomic E-state index is 0.0380. The first-order valence-corrected chi connectivity index (χ1v) is 8.88. The fourth-order valence-corrected chi connectivity index (χ4v) is 3.17. The highest BCUT2D eigenvalue weighted by molar-refractivity contribution is 6.30. The molecule has 25 heavy (non-hydrogen) atoms. The summed E-state index contributed by atoms with van der Waals surface area (Å²) in [6, 6.07) is 16.8. The molecule has 0 radical (unpaired) electrons. The molecule has 2 amide bonds. The van der Waals surface area contributed by atoms with Gasteiger partial charge in [-0.2, -0.15) is 0 Å². The van der Waals surface area contributed by atoms with Gasteiger partial charge in [-0.05, 0) is 42.7 Å². The van der Waals surface area contributed by atoms with Crippen molar-refractivity contribution in [3.63, 3.8) is 0 Å². The standard InChI is InChI=1S/C20H21ClN2O2/c21-17-8-6-15(7-9-17)14-19(24)23-12-10-16(11-13-23)20(25)22-18-4-2-1-3-5-18/h1-9,16H,10-14H2,(H,22,25). The Morgan fingerprint density at radius 1 is 1.00 bits per heavy atom. The molecule has 1 saturated heterocycles. The van der Waals surface area contributed by atoms with Gasteiger partial charge in [-0.3, -0.25) is 9.59 Å². The van der Waals surface area contributed by atoms with Crippen LogP contribution in [0.3, 0.4) is 0 Å². The van der Waals surface area contributed by atoms with Crippen LogP contribution in [0.15, 0.2) is 54.6 Å². The van der Waals surface area contributed by atoms with Gasteiger partial charge in [0, 0.05) is 29.7 Å². The fraction of sp³-hybridized carbons (Fsp3) is 0.300. The number of nitrogens with zero attached hydrogens (tertiary/aromatic N) is 1. The summed E-state index contributed by atoms with van der Waals surface area (Å²) >= 11 is 5.87. The number of carbonyl (C=O) groups excluding carboxylic acids is 2. The van der Waals surface area contributed by atoms with E-state index in [0.717, 1.165) is 11.3 Å². The molecule has 130 valence electrons. The number of hydrogen-bond acceptors (Lipinski definition) is 2. The van der Waals surface area contributed by atoms with Crippen LogP contribution in [-0.4, -0.2) is 29.8 Å². The van der Waals surface area contributed by atoms with Crippen LogP contribution in [0.4, 0.5) is 5.69 Å². The summed E-state index contributed by atoms with van der Waals surface area (Å²) in [5.41, 5.74) is 1.77. The van der Waals surface area contributed by atoms with Crippen LogP contribution in [0.1, 0.15) is 18.4 Å². The van der Waals surface area contributed by atoms with Gasteiger partial charge in [0.25, 0.3) is 0 Å². The molecule has 1 fully saturated rings. The van der Waals surface area contributed by atoms with E-state index < -0.39 is 0 Å². The second kappa shape index (κ2) is 8.17. The van der Waals surface area contributed by atoms with Crippen molar-refractivity contribution in [2.75, 3.05) is 18.4 Å². The van der Waals surface area contributed by atoms with E-state index in [1.165, 1.54) is 0 Å². The minimum atomic E-state index is -0.0419. The lowest BCUT2D eigenvalue weighted by Crippen LogP contribution is -2.42. The summed E-state index contributed by atoms with van der Waals surface area (Å²) in [7, 11) is 0. The normalized spacial score (nSPS) is 15.0. The van der Waals surface area contributed by atoms with Crippen LogP contribution < -0.4 is 5.32 Å². The average molecular weight is 357 g/mol. The number of piperidine rings is 1. The summed E-state index contributed by atoms with van der Waals surface area (Å²) in [5.74, 6) is 0.0972. The van der Waals surface area contributed by atoms with E-state index in [1.54, 1.807) is 12.1 Å². The molecule has 0 bridgehead atoms. The van der Waals surface area contributed by atoms with Crippen molar-refractivity contribution >= 4 is 29.1 Å². The molecule has 0 saturated carbocycles. The van der Waals surface area contributed by atoms with Gasteiger partial charge in [-0.25, -0.2) is 0 Å². The predicted molar refractivity (Wildman–Crippen MR) is 99.5 cm³/mol. The third-order valence-electron chi connectivity index (χ3n) is 4.53. The highest BCUT2D eigenvalue weighted by atomic mass is 35.5. The predicted octanol–water partition coefficient (Wildman–Crippen LogP) is 3.76. The van der Waals surface area contributed by atoms with E-state index in [-0.39, 0.29) is 17.7 Å². The smallest absolute Gasteiger partial charge is 0.227 e. The van der Waals surface area contributed by atoms with Gasteiger partial charge in [0.05, 0.1) is 6.42 Å². The first-order valence-electron chi connectivity index (χ1n) is 8.50. The van der Waals surface area contributed by atoms with Crippen LogP contribution in [0.2, 0.25) is 5.02 Å². The molecule has 1 heterocycles. The van der Waals surface area contributed by atoms with Crippen molar-refractivity contribution in [3.8, 4) is 0 Å². The lowest BCUT2D eigenvalue weighted by atomic mass is 9.95. The van der Waals surface area contributed by atoms with Crippen molar-refractivity contribution in [2.24, 2.45) is 5.92 Å². The minimum Gasteiger partial charge on any atom is -0.342 e. The quantitative estimate of drug-likeness (QED) is 0.906. The van der Waals surface area contributed by atoms with Crippen LogP contribution in [0.25, 0.3) is 0 Å². The molecule has 2 aromatic carbocycles. The first-order chi connectivity index (χ1) is 12.1. The number of rotatable bonds is 4. The van der Waals surface area contributed by atoms with Gasteiger partial charge >= 0.3 is 0 Å². The number of benzene rings is 2. The summed E-state index contributed by atoms with van der Waals surface area (Å²) in [5, 5.41) is 3.61. The molecule has 1 aliphatic heterocycles. The fourth-order valence-electron chi connectivity index (χ4n) is 3.05. The molecular weight excluding hydrogens is 336 g/mol. The molecule has 0 atom stereocenters. The summed E-state index contributed by atoms with van der Waals surface area (Å²) in [6.07, 6.45) is 1.77. The molecule has 5 heteroatoms. The highest BCUT2D eigenvalue weighted by Crippen LogP contribution is 2.20. The van der Waals surface area contributed by atoms with Crippen molar-refractivity contribution in [3.05, 3.63) is 65.2 Å². The molecule has 1 aliphatic rings. The Morgan fingerprint density at radius 2 is 1.64 bits per heavy atom. The van der Waals surface area contributed by atoms with Crippen molar-refractivity contribution in [1.29, 1.82) is 0 Å². The maximum atomic E-state index is 12.4. The zero-order valence-electron chi connectivity index (χ0n) is 14.0. The monoisotopic (exact) mass is 356 g/mol.